The van der Waals surface area contributed by atoms with Gasteiger partial charge in [-0.1, -0.05) is 44.9 Å². The molecule has 0 radical (unpaired) electrons. The number of aryl methyl sites for hydroxylation is 1. The molecule has 1 aromatic heterocycles. The van der Waals surface area contributed by atoms with Crippen molar-refractivity contribution in [3.63, 3.8) is 0 Å². The Bertz CT molecular complexity index is 907. The number of hydrogen-bond acceptors (Lipinski definition) is 8. The van der Waals surface area contributed by atoms with E-state index in [0.717, 1.165) is 38.5 Å². The van der Waals surface area contributed by atoms with E-state index in [-0.39, 0.29) is 19.0 Å². The quantitative estimate of drug-likeness (QED) is 0.156. The molecule has 3 N–H and O–H groups in total. The minimum Gasteiger partial charge on any atom is -0.463 e. The molecule has 11 nitrogen and oxygen atoms in total. The Morgan fingerprint density at radius 1 is 1.21 bits per heavy atom. The summed E-state index contributed by atoms with van der Waals surface area (Å²) in [4.78, 5) is 40.7. The number of aromatic nitrogens is 2. The molecular weight excluding hydrogens is 430 g/mol. The Hall–Kier alpha value is -2.62. The highest BCUT2D eigenvalue weighted by Crippen LogP contribution is 2.28. The highest BCUT2D eigenvalue weighted by atomic mass is 16.6. The van der Waals surface area contributed by atoms with E-state index in [4.69, 9.17) is 15.0 Å². The van der Waals surface area contributed by atoms with E-state index in [0.29, 0.717) is 18.5 Å². The van der Waals surface area contributed by atoms with Crippen LogP contribution in [0.4, 0.5) is 0 Å². The van der Waals surface area contributed by atoms with E-state index in [9.17, 15) is 19.5 Å². The molecule has 3 atom stereocenters. The summed E-state index contributed by atoms with van der Waals surface area (Å²) in [5.74, 6) is -0.323. The predicted molar refractivity (Wildman–Crippen MR) is 120 cm³/mol. The van der Waals surface area contributed by atoms with Crippen LogP contribution in [0, 0.1) is 12.5 Å². The average molecular weight is 467 g/mol. The number of rotatable bonds is 15. The minimum absolute atomic E-state index is 0.0727. The summed E-state index contributed by atoms with van der Waals surface area (Å²) in [6, 6.07) is 0. The number of carbonyl (C=O) groups excluding carboxylic acids is 1. The molecule has 11 heteroatoms. The van der Waals surface area contributed by atoms with Crippen molar-refractivity contribution in [2.75, 3.05) is 13.2 Å². The molecule has 0 bridgehead atoms. The third-order valence-electron chi connectivity index (χ3n) is 5.78. The fraction of sp³-hybridized carbons (Fsp3) is 0.773. The number of nitrogens with zero attached hydrogens (tertiary/aromatic N) is 3. The summed E-state index contributed by atoms with van der Waals surface area (Å²) >= 11 is 0. The Labute approximate surface area is 192 Å². The van der Waals surface area contributed by atoms with Crippen molar-refractivity contribution in [1.82, 2.24) is 14.5 Å². The second-order valence-corrected chi connectivity index (χ2v) is 8.49. The summed E-state index contributed by atoms with van der Waals surface area (Å²) < 4.78 is 12.2. The molecule has 0 spiro atoms. The van der Waals surface area contributed by atoms with Crippen LogP contribution in [-0.2, 0) is 14.3 Å². The maximum Gasteiger partial charge on any atom is 0.330 e. The third kappa shape index (κ3) is 9.41. The summed E-state index contributed by atoms with van der Waals surface area (Å²) in [5.41, 5.74) is 5.88. The summed E-state index contributed by atoms with van der Waals surface area (Å²) in [6.45, 7) is 2.15. The lowest BCUT2D eigenvalue weighted by molar-refractivity contribution is -0.150. The normalized spacial score (nSPS) is 19.9. The number of unbranched alkanes of at least 4 members (excludes halogenated alkanes) is 8. The van der Waals surface area contributed by atoms with Gasteiger partial charge >= 0.3 is 11.7 Å². The van der Waals surface area contributed by atoms with Crippen LogP contribution < -0.4 is 16.2 Å². The Kier molecular flexibility index (Phi) is 11.7. The number of carbonyl (C=O) groups is 1. The maximum atomic E-state index is 12.0. The monoisotopic (exact) mass is 466 g/mol. The first-order valence-corrected chi connectivity index (χ1v) is 11.8. The van der Waals surface area contributed by atoms with Crippen LogP contribution in [0.5, 0.6) is 0 Å². The molecular formula is C22H36N5O6+. The zero-order chi connectivity index (χ0) is 24.1. The lowest BCUT2D eigenvalue weighted by Crippen LogP contribution is -2.33. The van der Waals surface area contributed by atoms with Gasteiger partial charge in [0.2, 0.25) is 4.91 Å². The van der Waals surface area contributed by atoms with E-state index < -0.39 is 29.7 Å². The number of ether oxygens (including phenoxy) is 2. The molecule has 1 fully saturated rings. The Morgan fingerprint density at radius 2 is 1.85 bits per heavy atom. The second-order valence-electron chi connectivity index (χ2n) is 8.49. The van der Waals surface area contributed by atoms with Gasteiger partial charge in [0.1, 0.15) is 36.1 Å². The smallest absolute Gasteiger partial charge is 0.330 e. The van der Waals surface area contributed by atoms with Crippen LogP contribution >= 0.6 is 0 Å². The van der Waals surface area contributed by atoms with Crippen LogP contribution in [0.25, 0.3) is 0 Å². The number of aromatic amines is 1. The van der Waals surface area contributed by atoms with Crippen molar-refractivity contribution in [1.29, 1.82) is 5.53 Å². The first-order chi connectivity index (χ1) is 15.9. The molecule has 1 saturated heterocycles. The Morgan fingerprint density at radius 3 is 2.52 bits per heavy atom. The molecule has 0 aliphatic carbocycles. The van der Waals surface area contributed by atoms with E-state index in [1.807, 2.05) is 0 Å². The molecule has 1 aliphatic rings. The molecule has 33 heavy (non-hydrogen) atoms. The number of nitrogens with one attached hydrogen (secondary N) is 2. The van der Waals surface area contributed by atoms with Gasteiger partial charge in [-0.2, -0.15) is 0 Å². The predicted octanol–water partition coefficient (Wildman–Crippen LogP) is 2.49. The average Bonchev–Trinajstić information content (AvgIpc) is 3.15. The summed E-state index contributed by atoms with van der Waals surface area (Å²) in [5, 5.41) is 13.8. The van der Waals surface area contributed by atoms with Crippen LogP contribution in [0.2, 0.25) is 0 Å². The molecule has 3 unspecified atom stereocenters. The second kappa shape index (κ2) is 14.5. The molecule has 0 saturated carbocycles. The lowest BCUT2D eigenvalue weighted by atomic mass is 10.1. The van der Waals surface area contributed by atoms with E-state index in [2.05, 4.69) is 15.0 Å². The van der Waals surface area contributed by atoms with Crippen LogP contribution in [0.15, 0.2) is 20.9 Å². The van der Waals surface area contributed by atoms with Gasteiger partial charge in [-0.25, -0.2) is 4.79 Å². The SMILES string of the molecule is Cc1cn(C2CC(O)C(COC(=O)CCCCCCCCCCCN=[N+]=N)O2)c(=O)[nH]c1=O. The van der Waals surface area contributed by atoms with Gasteiger partial charge in [0, 0.05) is 24.6 Å². The zero-order valence-electron chi connectivity index (χ0n) is 19.3. The first kappa shape index (κ1) is 26.6. The van der Waals surface area contributed by atoms with Crippen molar-refractivity contribution < 1.29 is 19.4 Å². The van der Waals surface area contributed by atoms with Crippen molar-refractivity contribution in [2.45, 2.75) is 96.0 Å². The van der Waals surface area contributed by atoms with Gasteiger partial charge in [-0.05, 0) is 19.8 Å². The van der Waals surface area contributed by atoms with Gasteiger partial charge in [0.05, 0.1) is 6.10 Å². The van der Waals surface area contributed by atoms with Gasteiger partial charge in [-0.3, -0.25) is 19.1 Å². The fourth-order valence-corrected chi connectivity index (χ4v) is 3.82. The van der Waals surface area contributed by atoms with Crippen LogP contribution in [-0.4, -0.2) is 46.0 Å². The van der Waals surface area contributed by atoms with Crippen molar-refractivity contribution >= 4 is 5.97 Å². The standard InChI is InChI=1S/C22H35N5O6/c1-16-14-27(22(31)25-21(16)30)19-13-17(28)18(33-19)15-32-20(29)11-9-7-5-3-2-4-6-8-10-12-24-26-23/h14,17-19,23,28H,2-13,15H2,1H3/p+1. The van der Waals surface area contributed by atoms with Crippen LogP contribution in [0.3, 0.4) is 0 Å². The number of aliphatic hydroxyl groups excluding tert-OH is 1. The van der Waals surface area contributed by atoms with E-state index >= 15 is 0 Å². The van der Waals surface area contributed by atoms with E-state index in [1.54, 1.807) is 6.92 Å². The minimum atomic E-state index is -0.871. The first-order valence-electron chi connectivity index (χ1n) is 11.8. The number of H-pyrrole nitrogens is 1. The van der Waals surface area contributed by atoms with E-state index in [1.165, 1.54) is 30.0 Å². The molecule has 184 valence electrons. The van der Waals surface area contributed by atoms with Gasteiger partial charge in [0.15, 0.2) is 0 Å². The molecule has 1 aliphatic heterocycles. The molecule has 1 aromatic rings. The van der Waals surface area contributed by atoms with Crippen molar-refractivity contribution in [3.8, 4) is 0 Å². The molecule has 2 heterocycles. The summed E-state index contributed by atoms with van der Waals surface area (Å²) in [7, 11) is 0. The highest BCUT2D eigenvalue weighted by molar-refractivity contribution is 5.69. The van der Waals surface area contributed by atoms with Crippen molar-refractivity contribution in [2.24, 2.45) is 5.11 Å². The van der Waals surface area contributed by atoms with Crippen molar-refractivity contribution in [3.05, 3.63) is 32.6 Å². The fourth-order valence-electron chi connectivity index (χ4n) is 3.82. The highest BCUT2D eigenvalue weighted by Gasteiger charge is 2.36. The Balaban J connectivity index is 1.55. The van der Waals surface area contributed by atoms with Crippen LogP contribution in [0.1, 0.15) is 82.4 Å². The maximum absolute atomic E-state index is 12.0. The number of esters is 1. The third-order valence-corrected chi connectivity index (χ3v) is 5.78. The van der Waals surface area contributed by atoms with Gasteiger partial charge in [-0.15, -0.1) is 0 Å². The molecule has 0 amide bonds. The zero-order valence-corrected chi connectivity index (χ0v) is 19.3. The largest absolute Gasteiger partial charge is 0.463 e. The lowest BCUT2D eigenvalue weighted by Gasteiger charge is -2.16. The number of hydrogen-bond donors (Lipinski definition) is 3. The number of aliphatic hydroxyl groups is 1. The molecule has 2 rings (SSSR count). The van der Waals surface area contributed by atoms with Gasteiger partial charge < -0.3 is 14.6 Å². The molecule has 0 aromatic carbocycles. The summed E-state index contributed by atoms with van der Waals surface area (Å²) in [6.07, 6.45) is 9.21. The topological polar surface area (TPSA) is 161 Å². The van der Waals surface area contributed by atoms with Gasteiger partial charge in [0.25, 0.3) is 5.56 Å².